The van der Waals surface area contributed by atoms with E-state index in [1.165, 1.54) is 23.6 Å². The lowest BCUT2D eigenvalue weighted by molar-refractivity contribution is 0.271. The first kappa shape index (κ1) is 14.2. The lowest BCUT2D eigenvalue weighted by atomic mass is 10.4. The number of aliphatic hydroxyl groups is 1. The van der Waals surface area contributed by atoms with Crippen molar-refractivity contribution in [1.82, 2.24) is 14.3 Å². The lowest BCUT2D eigenvalue weighted by Crippen LogP contribution is -2.22. The van der Waals surface area contributed by atoms with Crippen LogP contribution in [0.25, 0.3) is 0 Å². The number of sulfonamides is 1. The van der Waals surface area contributed by atoms with Crippen molar-refractivity contribution in [3.63, 3.8) is 0 Å². The van der Waals surface area contributed by atoms with Crippen LogP contribution in [0.4, 0.5) is 0 Å². The molecule has 8 heteroatoms. The number of aryl methyl sites for hydroxylation is 1. The van der Waals surface area contributed by atoms with Gasteiger partial charge < -0.3 is 9.67 Å². The quantitative estimate of drug-likeness (QED) is 0.831. The molecule has 0 aliphatic carbocycles. The number of thiazole rings is 1. The Kier molecular flexibility index (Phi) is 4.35. The molecule has 2 aromatic heterocycles. The third kappa shape index (κ3) is 3.21. The van der Waals surface area contributed by atoms with Gasteiger partial charge in [0.05, 0.1) is 18.0 Å². The molecule has 104 valence electrons. The van der Waals surface area contributed by atoms with Gasteiger partial charge in [-0.25, -0.2) is 18.1 Å². The van der Waals surface area contributed by atoms with E-state index in [9.17, 15) is 8.42 Å². The smallest absolute Gasteiger partial charge is 0.242 e. The zero-order chi connectivity index (χ0) is 13.9. The Morgan fingerprint density at radius 1 is 1.53 bits per heavy atom. The van der Waals surface area contributed by atoms with Gasteiger partial charge in [0, 0.05) is 30.0 Å². The Morgan fingerprint density at radius 3 is 2.84 bits per heavy atom. The number of aromatic nitrogens is 2. The predicted molar refractivity (Wildman–Crippen MR) is 72.2 cm³/mol. The van der Waals surface area contributed by atoms with Crippen LogP contribution in [-0.4, -0.2) is 23.1 Å². The van der Waals surface area contributed by atoms with Gasteiger partial charge in [-0.2, -0.15) is 0 Å². The molecule has 0 aliphatic rings. The third-order valence-corrected chi connectivity index (χ3v) is 4.82. The molecule has 0 spiro atoms. The molecule has 0 radical (unpaired) electrons. The highest BCUT2D eigenvalue weighted by atomic mass is 32.2. The summed E-state index contributed by atoms with van der Waals surface area (Å²) < 4.78 is 28.4. The topological polar surface area (TPSA) is 84.2 Å². The minimum Gasteiger partial charge on any atom is -0.390 e. The normalized spacial score (nSPS) is 11.9. The van der Waals surface area contributed by atoms with Crippen molar-refractivity contribution in [2.45, 2.75) is 31.5 Å². The second-order valence-corrected chi connectivity index (χ2v) is 6.61. The monoisotopic (exact) mass is 301 g/mol. The maximum Gasteiger partial charge on any atom is 0.242 e. The maximum absolute atomic E-state index is 12.1. The van der Waals surface area contributed by atoms with Gasteiger partial charge in [-0.3, -0.25) is 0 Å². The van der Waals surface area contributed by atoms with E-state index in [1.807, 2.05) is 6.92 Å². The SMILES string of the molecule is CCn1cc(S(=O)(=O)NCc2nccs2)cc1CO. The van der Waals surface area contributed by atoms with Crippen molar-refractivity contribution in [2.24, 2.45) is 0 Å². The third-order valence-electron chi connectivity index (χ3n) is 2.67. The molecule has 0 amide bonds. The second kappa shape index (κ2) is 5.83. The molecular formula is C11H15N3O3S2. The Labute approximate surface area is 115 Å². The molecule has 2 heterocycles. The molecule has 0 saturated carbocycles. The zero-order valence-corrected chi connectivity index (χ0v) is 12.0. The molecule has 0 atom stereocenters. The van der Waals surface area contributed by atoms with E-state index < -0.39 is 10.0 Å². The van der Waals surface area contributed by atoms with Gasteiger partial charge in [0.1, 0.15) is 5.01 Å². The maximum atomic E-state index is 12.1. The fourth-order valence-corrected chi connectivity index (χ4v) is 3.38. The number of rotatable bonds is 6. The molecule has 0 unspecified atom stereocenters. The Morgan fingerprint density at radius 2 is 2.32 bits per heavy atom. The van der Waals surface area contributed by atoms with E-state index in [4.69, 9.17) is 5.11 Å². The summed E-state index contributed by atoms with van der Waals surface area (Å²) in [6.07, 6.45) is 3.15. The number of hydrogen-bond acceptors (Lipinski definition) is 5. The average Bonchev–Trinajstić information content (AvgIpc) is 3.05. The van der Waals surface area contributed by atoms with Gasteiger partial charge in [0.25, 0.3) is 0 Å². The van der Waals surface area contributed by atoms with E-state index in [0.29, 0.717) is 17.2 Å². The molecule has 19 heavy (non-hydrogen) atoms. The first-order valence-corrected chi connectivity index (χ1v) is 8.11. The van der Waals surface area contributed by atoms with Crippen LogP contribution in [0.5, 0.6) is 0 Å². The Hall–Kier alpha value is -1.22. The highest BCUT2D eigenvalue weighted by Crippen LogP contribution is 2.15. The number of nitrogens with zero attached hydrogens (tertiary/aromatic N) is 2. The standard InChI is InChI=1S/C11H15N3O3S2/c1-2-14-7-10(5-9(14)8-15)19(16,17)13-6-11-12-3-4-18-11/h3-5,7,13,15H,2,6,8H2,1H3. The van der Waals surface area contributed by atoms with E-state index in [0.717, 1.165) is 0 Å². The van der Waals surface area contributed by atoms with Crippen molar-refractivity contribution in [3.05, 3.63) is 34.5 Å². The minimum absolute atomic E-state index is 0.162. The van der Waals surface area contributed by atoms with Crippen molar-refractivity contribution in [3.8, 4) is 0 Å². The van der Waals surface area contributed by atoms with E-state index in [1.54, 1.807) is 16.1 Å². The molecule has 2 aromatic rings. The molecule has 0 aliphatic heterocycles. The Bertz CT molecular complexity index is 611. The lowest BCUT2D eigenvalue weighted by Gasteiger charge is -2.02. The number of nitrogens with one attached hydrogen (secondary N) is 1. The molecule has 2 N–H and O–H groups in total. The Balaban J connectivity index is 2.17. The van der Waals surface area contributed by atoms with Gasteiger partial charge >= 0.3 is 0 Å². The summed E-state index contributed by atoms with van der Waals surface area (Å²) in [4.78, 5) is 4.18. The van der Waals surface area contributed by atoms with Crippen molar-refractivity contribution < 1.29 is 13.5 Å². The fourth-order valence-electron chi connectivity index (χ4n) is 1.68. The van der Waals surface area contributed by atoms with Crippen molar-refractivity contribution >= 4 is 21.4 Å². The summed E-state index contributed by atoms with van der Waals surface area (Å²) in [6, 6.07) is 1.48. The van der Waals surface area contributed by atoms with Gasteiger partial charge in [0.15, 0.2) is 0 Å². The van der Waals surface area contributed by atoms with Crippen LogP contribution in [0.15, 0.2) is 28.7 Å². The van der Waals surface area contributed by atoms with Gasteiger partial charge in [-0.1, -0.05) is 0 Å². The van der Waals surface area contributed by atoms with Crippen LogP contribution < -0.4 is 4.72 Å². The molecule has 2 rings (SSSR count). The second-order valence-electron chi connectivity index (χ2n) is 3.86. The van der Waals surface area contributed by atoms with Crippen LogP contribution in [0.1, 0.15) is 17.6 Å². The van der Waals surface area contributed by atoms with Gasteiger partial charge in [-0.15, -0.1) is 11.3 Å². The van der Waals surface area contributed by atoms with Crippen molar-refractivity contribution in [1.29, 1.82) is 0 Å². The highest BCUT2D eigenvalue weighted by molar-refractivity contribution is 7.89. The molecule has 0 aromatic carbocycles. The first-order valence-electron chi connectivity index (χ1n) is 5.74. The van der Waals surface area contributed by atoms with Gasteiger partial charge in [-0.05, 0) is 13.0 Å². The predicted octanol–water partition coefficient (Wildman–Crippen LogP) is 0.935. The van der Waals surface area contributed by atoms with Gasteiger partial charge in [0.2, 0.25) is 10.0 Å². The van der Waals surface area contributed by atoms with Crippen LogP contribution in [0.2, 0.25) is 0 Å². The largest absolute Gasteiger partial charge is 0.390 e. The van der Waals surface area contributed by atoms with Crippen LogP contribution >= 0.6 is 11.3 Å². The van der Waals surface area contributed by atoms with Crippen LogP contribution in [0, 0.1) is 0 Å². The summed E-state index contributed by atoms with van der Waals surface area (Å²) in [5.41, 5.74) is 0.581. The highest BCUT2D eigenvalue weighted by Gasteiger charge is 2.18. The average molecular weight is 301 g/mol. The molecular weight excluding hydrogens is 286 g/mol. The molecule has 0 fully saturated rings. The van der Waals surface area contributed by atoms with Crippen molar-refractivity contribution in [2.75, 3.05) is 0 Å². The van der Waals surface area contributed by atoms with E-state index in [-0.39, 0.29) is 18.0 Å². The summed E-state index contributed by atoms with van der Waals surface area (Å²) in [6.45, 7) is 2.48. The molecule has 0 bridgehead atoms. The summed E-state index contributed by atoms with van der Waals surface area (Å²) >= 11 is 1.39. The first-order chi connectivity index (χ1) is 9.06. The van der Waals surface area contributed by atoms with Crippen LogP contribution in [0.3, 0.4) is 0 Å². The number of hydrogen-bond donors (Lipinski definition) is 2. The molecule has 0 saturated heterocycles. The zero-order valence-electron chi connectivity index (χ0n) is 10.4. The summed E-state index contributed by atoms with van der Waals surface area (Å²) in [5.74, 6) is 0. The van der Waals surface area contributed by atoms with E-state index >= 15 is 0 Å². The van der Waals surface area contributed by atoms with Crippen LogP contribution in [-0.2, 0) is 29.7 Å². The minimum atomic E-state index is -3.57. The molecule has 6 nitrogen and oxygen atoms in total. The summed E-state index contributed by atoms with van der Waals surface area (Å²) in [5, 5.41) is 11.7. The van der Waals surface area contributed by atoms with E-state index in [2.05, 4.69) is 9.71 Å². The number of aliphatic hydroxyl groups excluding tert-OH is 1. The fraction of sp³-hybridized carbons (Fsp3) is 0.364. The summed E-state index contributed by atoms with van der Waals surface area (Å²) in [7, 11) is -3.57.